The molecule has 0 aromatic carbocycles. The molecule has 0 fully saturated rings. The van der Waals surface area contributed by atoms with E-state index in [1.54, 1.807) is 0 Å². The molecule has 0 aliphatic heterocycles. The Balaban J connectivity index is 4.07. The molecule has 0 unspecified atom stereocenters. The van der Waals surface area contributed by atoms with E-state index >= 15 is 0 Å². The summed E-state index contributed by atoms with van der Waals surface area (Å²) in [5, 5.41) is 35.2. The molecule has 0 amide bonds. The van der Waals surface area contributed by atoms with Gasteiger partial charge in [0.2, 0.25) is 0 Å². The molecule has 0 aliphatic carbocycles. The van der Waals surface area contributed by atoms with Gasteiger partial charge in [0, 0.05) is 0 Å². The van der Waals surface area contributed by atoms with Gasteiger partial charge in [-0.1, -0.05) is 0 Å². The molecule has 0 saturated carbocycles. The zero-order valence-corrected chi connectivity index (χ0v) is 6.50. The van der Waals surface area contributed by atoms with E-state index in [0.717, 1.165) is 0 Å². The van der Waals surface area contributed by atoms with Gasteiger partial charge < -0.3 is 31.0 Å². The van der Waals surface area contributed by atoms with Crippen LogP contribution in [-0.2, 0) is 4.79 Å². The van der Waals surface area contributed by atoms with E-state index in [-0.39, 0.29) is 6.29 Å². The maximum absolute atomic E-state index is 10.0. The van der Waals surface area contributed by atoms with Crippen LogP contribution in [0.4, 0.5) is 0 Å². The van der Waals surface area contributed by atoms with Crippen LogP contribution in [0.2, 0.25) is 0 Å². The van der Waals surface area contributed by atoms with Crippen molar-refractivity contribution < 1.29 is 31.0 Å². The highest BCUT2D eigenvalue weighted by molar-refractivity contribution is 5.56. The number of carbonyl (C=O) groups is 1. The van der Waals surface area contributed by atoms with Gasteiger partial charge >= 0.3 is 0 Å². The number of hydrogen-bond donors (Lipinski definition) is 5. The van der Waals surface area contributed by atoms with E-state index in [1.165, 1.54) is 0 Å². The van der Waals surface area contributed by atoms with Crippen LogP contribution in [0.15, 0.2) is 0 Å². The van der Waals surface area contributed by atoms with Crippen LogP contribution in [-0.4, -0.2) is 57.7 Å². The topological polar surface area (TPSA) is 126 Å². The third-order valence-electron chi connectivity index (χ3n) is 1.60. The minimum Gasteiger partial charge on any atom is -0.394 e. The van der Waals surface area contributed by atoms with Crippen molar-refractivity contribution in [3.63, 3.8) is 0 Å². The Morgan fingerprint density at radius 2 is 1.83 bits per heavy atom. The van der Waals surface area contributed by atoms with E-state index in [2.05, 4.69) is 5.73 Å². The van der Waals surface area contributed by atoms with Crippen molar-refractivity contribution in [2.24, 2.45) is 0 Å². The largest absolute Gasteiger partial charge is 0.394 e. The van der Waals surface area contributed by atoms with E-state index in [0.29, 0.717) is 0 Å². The van der Waals surface area contributed by atoms with Gasteiger partial charge in [-0.05, 0) is 0 Å². The van der Waals surface area contributed by atoms with E-state index in [4.69, 9.17) is 20.4 Å². The van der Waals surface area contributed by atoms with Gasteiger partial charge in [0.15, 0.2) is 12.4 Å². The fraction of sp³-hybridized carbons (Fsp3) is 0.833. The number of quaternary nitrogens is 1. The van der Waals surface area contributed by atoms with Crippen molar-refractivity contribution >= 4 is 6.29 Å². The first-order valence-corrected chi connectivity index (χ1v) is 3.48. The third kappa shape index (κ3) is 2.84. The Morgan fingerprint density at radius 3 is 2.17 bits per heavy atom. The lowest BCUT2D eigenvalue weighted by Crippen LogP contribution is -2.73. The molecule has 4 atom stereocenters. The van der Waals surface area contributed by atoms with Crippen LogP contribution >= 0.6 is 0 Å². The van der Waals surface area contributed by atoms with Crippen LogP contribution in [0.3, 0.4) is 0 Å². The minimum atomic E-state index is -1.43. The average Bonchev–Trinajstić information content (AvgIpc) is 2.12. The summed E-state index contributed by atoms with van der Waals surface area (Å²) in [7, 11) is 0. The standard InChI is InChI=1S/C6H13NO5/c7-5(3(10)1-8)6(12)4(11)2-9/h1,3-6,9-12H,2,7H2/p+1/t3-,4+,5+,6+/m0/s1. The molecule has 0 aromatic heterocycles. The lowest BCUT2D eigenvalue weighted by atomic mass is 10.0. The molecule has 0 spiro atoms. The number of aliphatic hydroxyl groups is 4. The van der Waals surface area contributed by atoms with Crippen molar-refractivity contribution in [3.8, 4) is 0 Å². The normalized spacial score (nSPS) is 21.1. The molecule has 12 heavy (non-hydrogen) atoms. The highest BCUT2D eigenvalue weighted by Crippen LogP contribution is 1.98. The monoisotopic (exact) mass is 180 g/mol. The van der Waals surface area contributed by atoms with E-state index < -0.39 is 31.0 Å². The first-order chi connectivity index (χ1) is 5.54. The van der Waals surface area contributed by atoms with Crippen molar-refractivity contribution in [3.05, 3.63) is 0 Å². The second-order valence-electron chi connectivity index (χ2n) is 2.53. The minimum absolute atomic E-state index is 0.213. The molecule has 0 aromatic rings. The highest BCUT2D eigenvalue weighted by atomic mass is 16.4. The number of carbonyl (C=O) groups excluding carboxylic acids is 1. The fourth-order valence-corrected chi connectivity index (χ4v) is 0.696. The van der Waals surface area contributed by atoms with Crippen LogP contribution in [0.5, 0.6) is 0 Å². The summed E-state index contributed by atoms with van der Waals surface area (Å²) < 4.78 is 0. The summed E-state index contributed by atoms with van der Waals surface area (Å²) >= 11 is 0. The van der Waals surface area contributed by atoms with E-state index in [1.807, 2.05) is 0 Å². The lowest BCUT2D eigenvalue weighted by molar-refractivity contribution is -0.454. The molecular weight excluding hydrogens is 166 g/mol. The summed E-state index contributed by atoms with van der Waals surface area (Å²) in [6, 6.07) is -1.04. The van der Waals surface area contributed by atoms with Gasteiger partial charge in [-0.15, -0.1) is 0 Å². The van der Waals surface area contributed by atoms with Crippen LogP contribution < -0.4 is 5.73 Å². The molecule has 0 bridgehead atoms. The molecule has 6 heteroatoms. The molecule has 0 radical (unpaired) electrons. The van der Waals surface area contributed by atoms with Gasteiger partial charge in [-0.2, -0.15) is 0 Å². The molecular formula is C6H14NO5+. The number of aldehydes is 1. The Morgan fingerprint density at radius 1 is 1.33 bits per heavy atom. The highest BCUT2D eigenvalue weighted by Gasteiger charge is 2.31. The fourth-order valence-electron chi connectivity index (χ4n) is 0.696. The summed E-state index contributed by atoms with van der Waals surface area (Å²) in [4.78, 5) is 10.0. The van der Waals surface area contributed by atoms with E-state index in [9.17, 15) is 4.79 Å². The molecule has 0 rings (SSSR count). The molecule has 6 nitrogen and oxygen atoms in total. The molecule has 0 heterocycles. The van der Waals surface area contributed by atoms with Crippen LogP contribution in [0, 0.1) is 0 Å². The zero-order chi connectivity index (χ0) is 9.72. The van der Waals surface area contributed by atoms with Crippen molar-refractivity contribution in [1.29, 1.82) is 0 Å². The van der Waals surface area contributed by atoms with Crippen LogP contribution in [0.25, 0.3) is 0 Å². The number of rotatable bonds is 5. The quantitative estimate of drug-likeness (QED) is 0.275. The molecule has 0 saturated heterocycles. The van der Waals surface area contributed by atoms with Crippen molar-refractivity contribution in [2.45, 2.75) is 24.4 Å². The maximum atomic E-state index is 10.0. The first kappa shape index (κ1) is 11.5. The third-order valence-corrected chi connectivity index (χ3v) is 1.60. The summed E-state index contributed by atoms with van der Waals surface area (Å²) in [5.41, 5.74) is 3.28. The SMILES string of the molecule is [NH3+][C@@H]([C@H](O)[C@H](O)CO)[C@@H](O)C=O. The zero-order valence-electron chi connectivity index (χ0n) is 6.50. The Bertz CT molecular complexity index is 142. The van der Waals surface area contributed by atoms with Crippen LogP contribution in [0.1, 0.15) is 0 Å². The van der Waals surface area contributed by atoms with Gasteiger partial charge in [0.1, 0.15) is 18.2 Å². The molecule has 7 N–H and O–H groups in total. The summed E-state index contributed by atoms with van der Waals surface area (Å²) in [6.07, 6.45) is -4.01. The van der Waals surface area contributed by atoms with Gasteiger partial charge in [0.25, 0.3) is 0 Å². The molecule has 72 valence electrons. The van der Waals surface area contributed by atoms with Crippen molar-refractivity contribution in [1.82, 2.24) is 0 Å². The summed E-state index contributed by atoms with van der Waals surface area (Å²) in [6.45, 7) is -0.640. The Hall–Kier alpha value is -0.530. The smallest absolute Gasteiger partial charge is 0.163 e. The predicted octanol–water partition coefficient (Wildman–Crippen LogP) is -4.13. The van der Waals surface area contributed by atoms with Gasteiger partial charge in [-0.3, -0.25) is 0 Å². The molecule has 0 aliphatic rings. The second kappa shape index (κ2) is 5.18. The summed E-state index contributed by atoms with van der Waals surface area (Å²) in [5.74, 6) is 0. The Kier molecular flexibility index (Phi) is 4.95. The predicted molar refractivity (Wildman–Crippen MR) is 37.8 cm³/mol. The second-order valence-corrected chi connectivity index (χ2v) is 2.53. The maximum Gasteiger partial charge on any atom is 0.163 e. The van der Waals surface area contributed by atoms with Crippen molar-refractivity contribution in [2.75, 3.05) is 6.61 Å². The number of hydrogen-bond acceptors (Lipinski definition) is 5. The first-order valence-electron chi connectivity index (χ1n) is 3.48. The average molecular weight is 180 g/mol. The lowest BCUT2D eigenvalue weighted by Gasteiger charge is -2.20. The number of aliphatic hydroxyl groups excluding tert-OH is 4. The van der Waals surface area contributed by atoms with Gasteiger partial charge in [-0.25, -0.2) is 0 Å². The Labute approximate surface area is 69.2 Å². The van der Waals surface area contributed by atoms with Gasteiger partial charge in [0.05, 0.1) is 6.61 Å².